The summed E-state index contributed by atoms with van der Waals surface area (Å²) in [6, 6.07) is 8.42. The average Bonchev–Trinajstić information content (AvgIpc) is 2.42. The van der Waals surface area contributed by atoms with Crippen molar-refractivity contribution in [1.82, 2.24) is 0 Å². The molecule has 0 aliphatic heterocycles. The van der Waals surface area contributed by atoms with Crippen molar-refractivity contribution in [2.75, 3.05) is 7.11 Å². The van der Waals surface area contributed by atoms with Crippen LogP contribution in [0.5, 0.6) is 5.75 Å². The Morgan fingerprint density at radius 1 is 1.10 bits per heavy atom. The largest absolute Gasteiger partial charge is 0.496 e. The Morgan fingerprint density at radius 2 is 1.81 bits per heavy atom. The van der Waals surface area contributed by atoms with Crippen molar-refractivity contribution in [1.29, 1.82) is 0 Å². The van der Waals surface area contributed by atoms with Crippen LogP contribution < -0.4 is 4.74 Å². The Balaban J connectivity index is 2.11. The third-order valence-electron chi connectivity index (χ3n) is 3.17. The molecule has 21 heavy (non-hydrogen) atoms. The number of halogens is 3. The molecule has 1 unspecified atom stereocenters. The van der Waals surface area contributed by atoms with Crippen LogP contribution in [0, 0.1) is 11.6 Å². The first kappa shape index (κ1) is 15.7. The van der Waals surface area contributed by atoms with E-state index < -0.39 is 17.7 Å². The fourth-order valence-electron chi connectivity index (χ4n) is 2.17. The Kier molecular flexibility index (Phi) is 5.15. The predicted molar refractivity (Wildman–Crippen MR) is 77.8 cm³/mol. The maximum Gasteiger partial charge on any atom is 0.129 e. The number of aliphatic hydroxyl groups is 1. The molecular formula is C16H15ClF2O2. The van der Waals surface area contributed by atoms with Gasteiger partial charge in [-0.25, -0.2) is 8.78 Å². The molecule has 1 atom stereocenters. The lowest BCUT2D eigenvalue weighted by atomic mass is 10.0. The second-order valence-electron chi connectivity index (χ2n) is 4.75. The minimum Gasteiger partial charge on any atom is -0.496 e. The predicted octanol–water partition coefficient (Wildman–Crippen LogP) is 3.77. The van der Waals surface area contributed by atoms with Crippen LogP contribution in [0.3, 0.4) is 0 Å². The second kappa shape index (κ2) is 6.87. The number of hydrogen-bond donors (Lipinski definition) is 1. The van der Waals surface area contributed by atoms with Gasteiger partial charge in [0.25, 0.3) is 0 Å². The van der Waals surface area contributed by atoms with E-state index >= 15 is 0 Å². The van der Waals surface area contributed by atoms with E-state index in [4.69, 9.17) is 16.3 Å². The first-order chi connectivity index (χ1) is 9.99. The van der Waals surface area contributed by atoms with Gasteiger partial charge < -0.3 is 9.84 Å². The molecule has 0 fully saturated rings. The normalized spacial score (nSPS) is 12.2. The molecule has 0 aliphatic carbocycles. The van der Waals surface area contributed by atoms with Crippen molar-refractivity contribution in [3.05, 3.63) is 64.2 Å². The molecule has 0 spiro atoms. The molecule has 2 nitrogen and oxygen atoms in total. The van der Waals surface area contributed by atoms with Gasteiger partial charge in [-0.05, 0) is 35.4 Å². The van der Waals surface area contributed by atoms with Gasteiger partial charge in [0.05, 0.1) is 13.2 Å². The van der Waals surface area contributed by atoms with Gasteiger partial charge in [-0.15, -0.1) is 0 Å². The standard InChI is InChI=1S/C16H15ClF2O2/c1-21-16-5-3-12(17)6-11(16)8-14(20)7-10-2-4-13(18)9-15(10)19/h2-6,9,14,20H,7-8H2,1H3. The number of aliphatic hydroxyl groups excluding tert-OH is 1. The van der Waals surface area contributed by atoms with Crippen LogP contribution in [0.4, 0.5) is 8.78 Å². The molecule has 0 bridgehead atoms. The summed E-state index contributed by atoms with van der Waals surface area (Å²) in [5, 5.41) is 10.6. The van der Waals surface area contributed by atoms with Crippen LogP contribution in [-0.2, 0) is 12.8 Å². The molecule has 112 valence electrons. The molecule has 1 N–H and O–H groups in total. The van der Waals surface area contributed by atoms with Crippen molar-refractivity contribution < 1.29 is 18.6 Å². The quantitative estimate of drug-likeness (QED) is 0.910. The van der Waals surface area contributed by atoms with E-state index in [1.54, 1.807) is 18.2 Å². The molecule has 2 aromatic carbocycles. The summed E-state index contributed by atoms with van der Waals surface area (Å²) in [5.41, 5.74) is 1.00. The van der Waals surface area contributed by atoms with Gasteiger partial charge in [0.2, 0.25) is 0 Å². The fraction of sp³-hybridized carbons (Fsp3) is 0.250. The van der Waals surface area contributed by atoms with Crippen molar-refractivity contribution in [3.8, 4) is 5.75 Å². The lowest BCUT2D eigenvalue weighted by Gasteiger charge is -2.14. The summed E-state index contributed by atoms with van der Waals surface area (Å²) in [7, 11) is 1.53. The molecule has 0 radical (unpaired) electrons. The van der Waals surface area contributed by atoms with Gasteiger partial charge in [-0.3, -0.25) is 0 Å². The zero-order chi connectivity index (χ0) is 15.4. The maximum atomic E-state index is 13.6. The monoisotopic (exact) mass is 312 g/mol. The Morgan fingerprint density at radius 3 is 2.48 bits per heavy atom. The minimum atomic E-state index is -0.822. The summed E-state index contributed by atoms with van der Waals surface area (Å²) >= 11 is 5.92. The highest BCUT2D eigenvalue weighted by Crippen LogP contribution is 2.24. The van der Waals surface area contributed by atoms with Crippen LogP contribution in [0.1, 0.15) is 11.1 Å². The van der Waals surface area contributed by atoms with Crippen LogP contribution in [0.15, 0.2) is 36.4 Å². The Hall–Kier alpha value is -1.65. The fourth-order valence-corrected chi connectivity index (χ4v) is 2.37. The van der Waals surface area contributed by atoms with Gasteiger partial charge in [0.15, 0.2) is 0 Å². The van der Waals surface area contributed by atoms with Gasteiger partial charge >= 0.3 is 0 Å². The first-order valence-electron chi connectivity index (χ1n) is 6.44. The molecular weight excluding hydrogens is 298 g/mol. The smallest absolute Gasteiger partial charge is 0.129 e. The highest BCUT2D eigenvalue weighted by Gasteiger charge is 2.14. The van der Waals surface area contributed by atoms with Crippen LogP contribution in [0.25, 0.3) is 0 Å². The Bertz CT molecular complexity index is 632. The number of methoxy groups -OCH3 is 1. The summed E-state index contributed by atoms with van der Waals surface area (Å²) in [4.78, 5) is 0. The zero-order valence-electron chi connectivity index (χ0n) is 11.4. The average molecular weight is 313 g/mol. The number of rotatable bonds is 5. The maximum absolute atomic E-state index is 13.6. The second-order valence-corrected chi connectivity index (χ2v) is 5.19. The zero-order valence-corrected chi connectivity index (χ0v) is 12.2. The summed E-state index contributed by atoms with van der Waals surface area (Å²) in [6.07, 6.45) is -0.472. The van der Waals surface area contributed by atoms with Crippen molar-refractivity contribution in [3.63, 3.8) is 0 Å². The minimum absolute atomic E-state index is 0.0851. The van der Waals surface area contributed by atoms with Crippen molar-refractivity contribution in [2.45, 2.75) is 18.9 Å². The molecule has 0 saturated heterocycles. The van der Waals surface area contributed by atoms with Crippen molar-refractivity contribution in [2.24, 2.45) is 0 Å². The van der Waals surface area contributed by atoms with E-state index in [-0.39, 0.29) is 18.4 Å². The topological polar surface area (TPSA) is 29.5 Å². The van der Waals surface area contributed by atoms with Crippen LogP contribution in [-0.4, -0.2) is 18.3 Å². The van der Waals surface area contributed by atoms with Crippen LogP contribution in [0.2, 0.25) is 5.02 Å². The van der Waals surface area contributed by atoms with Gasteiger partial charge in [-0.1, -0.05) is 17.7 Å². The van der Waals surface area contributed by atoms with Gasteiger partial charge in [0.1, 0.15) is 17.4 Å². The van der Waals surface area contributed by atoms with E-state index in [1.807, 2.05) is 0 Å². The highest BCUT2D eigenvalue weighted by molar-refractivity contribution is 6.30. The van der Waals surface area contributed by atoms with Gasteiger partial charge in [0, 0.05) is 23.9 Å². The molecule has 0 saturated carbocycles. The van der Waals surface area contributed by atoms with E-state index in [9.17, 15) is 13.9 Å². The van der Waals surface area contributed by atoms with Gasteiger partial charge in [-0.2, -0.15) is 0 Å². The SMILES string of the molecule is COc1ccc(Cl)cc1CC(O)Cc1ccc(F)cc1F. The lowest BCUT2D eigenvalue weighted by molar-refractivity contribution is 0.173. The number of benzene rings is 2. The molecule has 2 rings (SSSR count). The molecule has 0 aliphatic rings. The molecule has 0 heterocycles. The molecule has 5 heteroatoms. The first-order valence-corrected chi connectivity index (χ1v) is 6.82. The summed E-state index contributed by atoms with van der Waals surface area (Å²) < 4.78 is 31.6. The van der Waals surface area contributed by atoms with E-state index in [0.717, 1.165) is 11.6 Å². The van der Waals surface area contributed by atoms with E-state index in [0.29, 0.717) is 10.8 Å². The third kappa shape index (κ3) is 4.16. The van der Waals surface area contributed by atoms with Crippen LogP contribution >= 0.6 is 11.6 Å². The van der Waals surface area contributed by atoms with E-state index in [2.05, 4.69) is 0 Å². The molecule has 0 aromatic heterocycles. The summed E-state index contributed by atoms with van der Waals surface area (Å²) in [5.74, 6) is -0.688. The van der Waals surface area contributed by atoms with Crippen molar-refractivity contribution >= 4 is 11.6 Å². The number of ether oxygens (including phenoxy) is 1. The number of hydrogen-bond acceptors (Lipinski definition) is 2. The third-order valence-corrected chi connectivity index (χ3v) is 3.40. The molecule has 0 amide bonds. The molecule has 2 aromatic rings. The lowest BCUT2D eigenvalue weighted by Crippen LogP contribution is -2.15. The highest BCUT2D eigenvalue weighted by atomic mass is 35.5. The Labute approximate surface area is 126 Å². The summed E-state index contributed by atoms with van der Waals surface area (Å²) in [6.45, 7) is 0. The van der Waals surface area contributed by atoms with E-state index in [1.165, 1.54) is 19.2 Å².